The van der Waals surface area contributed by atoms with Crippen LogP contribution in [0.1, 0.15) is 52.1 Å². The lowest BCUT2D eigenvalue weighted by atomic mass is 10.1. The van der Waals surface area contributed by atoms with Gasteiger partial charge in [-0.2, -0.15) is 0 Å². The minimum atomic E-state index is -0.558. The van der Waals surface area contributed by atoms with Gasteiger partial charge in [-0.15, -0.1) is 0 Å². The predicted molar refractivity (Wildman–Crippen MR) is 89.0 cm³/mol. The van der Waals surface area contributed by atoms with E-state index in [1.54, 1.807) is 0 Å². The van der Waals surface area contributed by atoms with E-state index in [1.165, 1.54) is 4.90 Å². The smallest absolute Gasteiger partial charge is 0.410 e. The molecule has 2 rings (SSSR count). The zero-order chi connectivity index (χ0) is 17.0. The zero-order valence-electron chi connectivity index (χ0n) is 14.3. The van der Waals surface area contributed by atoms with Crippen molar-refractivity contribution in [2.45, 2.75) is 58.2 Å². The van der Waals surface area contributed by atoms with Crippen molar-refractivity contribution in [2.24, 2.45) is 0 Å². The molecule has 1 N–H and O–H groups in total. The molecule has 1 heterocycles. The van der Waals surface area contributed by atoms with Gasteiger partial charge in [-0.1, -0.05) is 30.3 Å². The molecule has 1 aliphatic rings. The Labute approximate surface area is 138 Å². The third-order valence-electron chi connectivity index (χ3n) is 3.84. The molecule has 0 radical (unpaired) electrons. The van der Waals surface area contributed by atoms with Crippen molar-refractivity contribution in [1.29, 1.82) is 0 Å². The van der Waals surface area contributed by atoms with Gasteiger partial charge in [0, 0.05) is 6.54 Å². The molecule has 0 aromatic heterocycles. The normalized spacial score (nSPS) is 19.3. The molecular weight excluding hydrogens is 292 g/mol. The summed E-state index contributed by atoms with van der Waals surface area (Å²) in [6.45, 7) is 7.99. The van der Waals surface area contributed by atoms with Crippen molar-refractivity contribution >= 4 is 12.0 Å². The molecule has 1 aromatic carbocycles. The quantitative estimate of drug-likeness (QED) is 0.930. The van der Waals surface area contributed by atoms with E-state index in [2.05, 4.69) is 5.32 Å². The van der Waals surface area contributed by atoms with Crippen LogP contribution in [-0.2, 0) is 9.53 Å². The standard InChI is InChI=1S/C18H26N2O3/c1-13(14-9-6-5-7-10-14)19-16(21)15-11-8-12-20(15)17(22)23-18(2,3)4/h5-7,9-10,13,15H,8,11-12H2,1-4H3,(H,19,21)/t13-,15+/m1/s1. The number of amides is 2. The minimum Gasteiger partial charge on any atom is -0.444 e. The zero-order valence-corrected chi connectivity index (χ0v) is 14.3. The maximum Gasteiger partial charge on any atom is 0.410 e. The molecule has 1 saturated heterocycles. The molecule has 0 aliphatic carbocycles. The van der Waals surface area contributed by atoms with E-state index in [4.69, 9.17) is 4.74 Å². The Balaban J connectivity index is 1.99. The predicted octanol–water partition coefficient (Wildman–Crippen LogP) is 3.26. The summed E-state index contributed by atoms with van der Waals surface area (Å²) >= 11 is 0. The van der Waals surface area contributed by atoms with Gasteiger partial charge in [0.1, 0.15) is 11.6 Å². The average Bonchev–Trinajstić information content (AvgIpc) is 2.96. The first-order valence-corrected chi connectivity index (χ1v) is 8.13. The van der Waals surface area contributed by atoms with Crippen LogP contribution < -0.4 is 5.32 Å². The van der Waals surface area contributed by atoms with Crippen LogP contribution in [0.2, 0.25) is 0 Å². The van der Waals surface area contributed by atoms with Gasteiger partial charge in [-0.05, 0) is 46.1 Å². The number of ether oxygens (including phenoxy) is 1. The van der Waals surface area contributed by atoms with Gasteiger partial charge in [0.2, 0.25) is 5.91 Å². The van der Waals surface area contributed by atoms with E-state index >= 15 is 0 Å². The van der Waals surface area contributed by atoms with Crippen LogP contribution >= 0.6 is 0 Å². The Kier molecular flexibility index (Phi) is 5.29. The Hall–Kier alpha value is -2.04. The fraction of sp³-hybridized carbons (Fsp3) is 0.556. The summed E-state index contributed by atoms with van der Waals surface area (Å²) in [5.41, 5.74) is 0.487. The van der Waals surface area contributed by atoms with Crippen LogP contribution in [0.25, 0.3) is 0 Å². The third kappa shape index (κ3) is 4.71. The second kappa shape index (κ2) is 7.02. The monoisotopic (exact) mass is 318 g/mol. The second-order valence-electron chi connectivity index (χ2n) is 6.97. The highest BCUT2D eigenvalue weighted by Gasteiger charge is 2.36. The van der Waals surface area contributed by atoms with Crippen LogP contribution in [-0.4, -0.2) is 35.1 Å². The maximum absolute atomic E-state index is 12.5. The fourth-order valence-electron chi connectivity index (χ4n) is 2.71. The van der Waals surface area contributed by atoms with Crippen molar-refractivity contribution in [1.82, 2.24) is 10.2 Å². The topological polar surface area (TPSA) is 58.6 Å². The van der Waals surface area contributed by atoms with Crippen molar-refractivity contribution in [3.63, 3.8) is 0 Å². The summed E-state index contributed by atoms with van der Waals surface area (Å²) in [4.78, 5) is 26.3. The molecule has 0 saturated carbocycles. The van der Waals surface area contributed by atoms with E-state index in [0.717, 1.165) is 12.0 Å². The first kappa shape index (κ1) is 17.3. The Morgan fingerprint density at radius 2 is 1.91 bits per heavy atom. The highest BCUT2D eigenvalue weighted by atomic mass is 16.6. The first-order valence-electron chi connectivity index (χ1n) is 8.13. The van der Waals surface area contributed by atoms with Gasteiger partial charge in [0.15, 0.2) is 0 Å². The minimum absolute atomic E-state index is 0.0928. The second-order valence-corrected chi connectivity index (χ2v) is 6.97. The molecule has 126 valence electrons. The van der Waals surface area contributed by atoms with E-state index < -0.39 is 17.7 Å². The van der Waals surface area contributed by atoms with E-state index in [1.807, 2.05) is 58.0 Å². The van der Waals surface area contributed by atoms with Gasteiger partial charge in [0.25, 0.3) is 0 Å². The highest BCUT2D eigenvalue weighted by molar-refractivity contribution is 5.86. The summed E-state index contributed by atoms with van der Waals surface area (Å²) in [5, 5.41) is 3.00. The first-order chi connectivity index (χ1) is 10.8. The van der Waals surface area contributed by atoms with Crippen LogP contribution in [0.5, 0.6) is 0 Å². The van der Waals surface area contributed by atoms with Crippen LogP contribution in [0.3, 0.4) is 0 Å². The molecular formula is C18H26N2O3. The van der Waals surface area contributed by atoms with Crippen LogP contribution in [0, 0.1) is 0 Å². The van der Waals surface area contributed by atoms with Crippen molar-refractivity contribution in [3.8, 4) is 0 Å². The van der Waals surface area contributed by atoms with Gasteiger partial charge < -0.3 is 10.1 Å². The number of hydrogen-bond acceptors (Lipinski definition) is 3. The summed E-state index contributed by atoms with van der Waals surface area (Å²) in [5.74, 6) is -0.121. The van der Waals surface area contributed by atoms with Gasteiger partial charge in [-0.25, -0.2) is 4.79 Å². The summed E-state index contributed by atoms with van der Waals surface area (Å²) < 4.78 is 5.40. The molecule has 0 bridgehead atoms. The molecule has 0 spiro atoms. The third-order valence-corrected chi connectivity index (χ3v) is 3.84. The SMILES string of the molecule is C[C@@H](NC(=O)[C@@H]1CCCN1C(=O)OC(C)(C)C)c1ccccc1. The van der Waals surface area contributed by atoms with Crippen LogP contribution in [0.15, 0.2) is 30.3 Å². The summed E-state index contributed by atoms with van der Waals surface area (Å²) in [7, 11) is 0. The number of hydrogen-bond donors (Lipinski definition) is 1. The van der Waals surface area contributed by atoms with Crippen molar-refractivity contribution in [3.05, 3.63) is 35.9 Å². The van der Waals surface area contributed by atoms with Crippen molar-refractivity contribution in [2.75, 3.05) is 6.54 Å². The Bertz CT molecular complexity index is 551. The fourth-order valence-corrected chi connectivity index (χ4v) is 2.71. The van der Waals surface area contributed by atoms with Crippen LogP contribution in [0.4, 0.5) is 4.79 Å². The maximum atomic E-state index is 12.5. The number of carbonyl (C=O) groups excluding carboxylic acids is 2. The molecule has 5 nitrogen and oxygen atoms in total. The average molecular weight is 318 g/mol. The molecule has 1 aromatic rings. The van der Waals surface area contributed by atoms with E-state index in [0.29, 0.717) is 13.0 Å². The number of nitrogens with one attached hydrogen (secondary N) is 1. The molecule has 0 unspecified atom stereocenters. The van der Waals surface area contributed by atoms with Gasteiger partial charge in [-0.3, -0.25) is 9.69 Å². The lowest BCUT2D eigenvalue weighted by Crippen LogP contribution is -2.48. The largest absolute Gasteiger partial charge is 0.444 e. The summed E-state index contributed by atoms with van der Waals surface area (Å²) in [6.07, 6.45) is 1.08. The Morgan fingerprint density at radius 3 is 2.52 bits per heavy atom. The van der Waals surface area contributed by atoms with Crippen molar-refractivity contribution < 1.29 is 14.3 Å². The molecule has 1 aliphatic heterocycles. The Morgan fingerprint density at radius 1 is 1.26 bits per heavy atom. The molecule has 1 fully saturated rings. The molecule has 23 heavy (non-hydrogen) atoms. The van der Waals surface area contributed by atoms with E-state index in [-0.39, 0.29) is 11.9 Å². The number of nitrogens with zero attached hydrogens (tertiary/aromatic N) is 1. The molecule has 2 amide bonds. The lowest BCUT2D eigenvalue weighted by Gasteiger charge is -2.28. The number of benzene rings is 1. The van der Waals surface area contributed by atoms with Gasteiger partial charge >= 0.3 is 6.09 Å². The highest BCUT2D eigenvalue weighted by Crippen LogP contribution is 2.22. The molecule has 2 atom stereocenters. The van der Waals surface area contributed by atoms with E-state index in [9.17, 15) is 9.59 Å². The number of rotatable bonds is 3. The lowest BCUT2D eigenvalue weighted by molar-refractivity contribution is -0.126. The number of carbonyl (C=O) groups is 2. The molecule has 5 heteroatoms. The number of likely N-dealkylation sites (tertiary alicyclic amines) is 1. The van der Waals surface area contributed by atoms with Gasteiger partial charge in [0.05, 0.1) is 6.04 Å². The summed E-state index contributed by atoms with van der Waals surface area (Å²) in [6, 6.07) is 9.25.